The van der Waals surface area contributed by atoms with Crippen LogP contribution in [0.15, 0.2) is 24.3 Å². The number of ether oxygens (including phenoxy) is 1. The molecule has 1 aromatic rings. The second kappa shape index (κ2) is 6.89. The molecule has 0 bridgehead atoms. The maximum absolute atomic E-state index is 6.16. The van der Waals surface area contributed by atoms with E-state index in [0.29, 0.717) is 6.61 Å². The first-order chi connectivity index (χ1) is 7.70. The fraction of sp³-hybridized carbons (Fsp3) is 0.538. The van der Waals surface area contributed by atoms with Crippen LogP contribution in [0.2, 0.25) is 5.02 Å². The number of hydrogen-bond acceptors (Lipinski definition) is 2. The molecule has 2 N–H and O–H groups in total. The number of hydrogen-bond donors (Lipinski definition) is 1. The molecular formula is C13H20ClNO. The van der Waals surface area contributed by atoms with Gasteiger partial charge in [0.1, 0.15) is 0 Å². The highest BCUT2D eigenvalue weighted by Gasteiger charge is 2.20. The maximum atomic E-state index is 6.16. The molecule has 1 rings (SSSR count). The fourth-order valence-corrected chi connectivity index (χ4v) is 1.85. The Balaban J connectivity index is 2.87. The van der Waals surface area contributed by atoms with E-state index in [1.807, 2.05) is 24.3 Å². The summed E-state index contributed by atoms with van der Waals surface area (Å²) in [6.07, 6.45) is 1.76. The Hall–Kier alpha value is -0.570. The van der Waals surface area contributed by atoms with E-state index in [1.54, 1.807) is 0 Å². The van der Waals surface area contributed by atoms with Crippen molar-refractivity contribution in [2.24, 2.45) is 5.73 Å². The Kier molecular flexibility index (Phi) is 5.81. The van der Waals surface area contributed by atoms with Gasteiger partial charge in [0.05, 0.1) is 6.10 Å². The summed E-state index contributed by atoms with van der Waals surface area (Å²) in [7, 11) is 0. The van der Waals surface area contributed by atoms with Gasteiger partial charge in [0.15, 0.2) is 0 Å². The van der Waals surface area contributed by atoms with Crippen molar-refractivity contribution in [1.82, 2.24) is 0 Å². The van der Waals surface area contributed by atoms with E-state index in [-0.39, 0.29) is 12.1 Å². The van der Waals surface area contributed by atoms with E-state index in [4.69, 9.17) is 22.1 Å². The van der Waals surface area contributed by atoms with Crippen molar-refractivity contribution in [3.05, 3.63) is 34.9 Å². The molecule has 0 aromatic heterocycles. The van der Waals surface area contributed by atoms with Gasteiger partial charge in [0.2, 0.25) is 0 Å². The number of halogens is 1. The van der Waals surface area contributed by atoms with Crippen LogP contribution >= 0.6 is 11.6 Å². The highest BCUT2D eigenvalue weighted by atomic mass is 35.5. The molecule has 2 unspecified atom stereocenters. The van der Waals surface area contributed by atoms with Crippen LogP contribution in [0.4, 0.5) is 0 Å². The predicted octanol–water partition coefficient (Wildman–Crippen LogP) is 3.55. The van der Waals surface area contributed by atoms with Crippen LogP contribution in [0.3, 0.4) is 0 Å². The Labute approximate surface area is 103 Å². The Morgan fingerprint density at radius 2 is 2.00 bits per heavy atom. The molecule has 0 amide bonds. The van der Waals surface area contributed by atoms with Gasteiger partial charge < -0.3 is 10.5 Å². The van der Waals surface area contributed by atoms with Crippen LogP contribution in [0.1, 0.15) is 38.4 Å². The van der Waals surface area contributed by atoms with Gasteiger partial charge in [-0.15, -0.1) is 0 Å². The summed E-state index contributed by atoms with van der Waals surface area (Å²) in [4.78, 5) is 0. The van der Waals surface area contributed by atoms with Crippen molar-refractivity contribution in [2.75, 3.05) is 6.61 Å². The first kappa shape index (κ1) is 13.5. The topological polar surface area (TPSA) is 35.2 Å². The summed E-state index contributed by atoms with van der Waals surface area (Å²) in [6, 6.07) is 7.73. The lowest BCUT2D eigenvalue weighted by Gasteiger charge is -2.24. The summed E-state index contributed by atoms with van der Waals surface area (Å²) in [5, 5.41) is 0.729. The third kappa shape index (κ3) is 3.48. The molecule has 0 heterocycles. The largest absolute Gasteiger partial charge is 0.372 e. The van der Waals surface area contributed by atoms with Crippen molar-refractivity contribution >= 4 is 11.6 Å². The van der Waals surface area contributed by atoms with Gasteiger partial charge in [-0.3, -0.25) is 0 Å². The molecule has 0 aliphatic carbocycles. The first-order valence-corrected chi connectivity index (χ1v) is 6.20. The van der Waals surface area contributed by atoms with Crippen molar-refractivity contribution in [3.63, 3.8) is 0 Å². The minimum absolute atomic E-state index is 0.00792. The molecule has 0 spiro atoms. The molecule has 1 aromatic carbocycles. The second-order valence-electron chi connectivity index (χ2n) is 3.89. The van der Waals surface area contributed by atoms with E-state index in [1.165, 1.54) is 0 Å². The summed E-state index contributed by atoms with van der Waals surface area (Å²) in [5.74, 6) is 0. The van der Waals surface area contributed by atoms with Crippen LogP contribution in [0, 0.1) is 0 Å². The van der Waals surface area contributed by atoms with E-state index in [9.17, 15) is 0 Å². The molecule has 0 aliphatic rings. The number of benzene rings is 1. The van der Waals surface area contributed by atoms with Gasteiger partial charge >= 0.3 is 0 Å². The van der Waals surface area contributed by atoms with Crippen LogP contribution < -0.4 is 5.73 Å². The summed E-state index contributed by atoms with van der Waals surface area (Å²) >= 11 is 6.16. The lowest BCUT2D eigenvalue weighted by atomic mass is 10.0. The average molecular weight is 242 g/mol. The SMILES string of the molecule is CCCOC(c1ccccc1Cl)C(N)CC. The summed E-state index contributed by atoms with van der Waals surface area (Å²) in [5.41, 5.74) is 7.07. The van der Waals surface area contributed by atoms with Gasteiger partial charge in [0, 0.05) is 23.2 Å². The maximum Gasteiger partial charge on any atom is 0.0989 e. The van der Waals surface area contributed by atoms with E-state index >= 15 is 0 Å². The molecule has 3 heteroatoms. The Morgan fingerprint density at radius 1 is 1.31 bits per heavy atom. The predicted molar refractivity (Wildman–Crippen MR) is 68.7 cm³/mol. The van der Waals surface area contributed by atoms with Crippen LogP contribution in [0.25, 0.3) is 0 Å². The highest BCUT2D eigenvalue weighted by Crippen LogP contribution is 2.28. The lowest BCUT2D eigenvalue weighted by molar-refractivity contribution is 0.0340. The number of nitrogens with two attached hydrogens (primary N) is 1. The van der Waals surface area contributed by atoms with E-state index in [2.05, 4.69) is 13.8 Å². The van der Waals surface area contributed by atoms with E-state index in [0.717, 1.165) is 23.4 Å². The zero-order valence-electron chi connectivity index (χ0n) is 9.95. The minimum Gasteiger partial charge on any atom is -0.372 e. The normalized spacial score (nSPS) is 14.8. The van der Waals surface area contributed by atoms with Crippen molar-refractivity contribution in [1.29, 1.82) is 0 Å². The Bertz CT molecular complexity index is 317. The lowest BCUT2D eigenvalue weighted by Crippen LogP contribution is -2.30. The molecular weight excluding hydrogens is 222 g/mol. The molecule has 0 aliphatic heterocycles. The molecule has 2 atom stereocenters. The molecule has 0 fully saturated rings. The molecule has 16 heavy (non-hydrogen) atoms. The molecule has 0 saturated heterocycles. The summed E-state index contributed by atoms with van der Waals surface area (Å²) < 4.78 is 5.80. The third-order valence-corrected chi connectivity index (χ3v) is 2.92. The monoisotopic (exact) mass is 241 g/mol. The van der Waals surface area contributed by atoms with Gasteiger partial charge in [0.25, 0.3) is 0 Å². The van der Waals surface area contributed by atoms with E-state index < -0.39 is 0 Å². The smallest absolute Gasteiger partial charge is 0.0989 e. The first-order valence-electron chi connectivity index (χ1n) is 5.82. The quantitative estimate of drug-likeness (QED) is 0.827. The van der Waals surface area contributed by atoms with Gasteiger partial charge in [-0.25, -0.2) is 0 Å². The molecule has 2 nitrogen and oxygen atoms in total. The van der Waals surface area contributed by atoms with Gasteiger partial charge in [-0.2, -0.15) is 0 Å². The minimum atomic E-state index is -0.0985. The summed E-state index contributed by atoms with van der Waals surface area (Å²) in [6.45, 7) is 4.86. The van der Waals surface area contributed by atoms with Crippen LogP contribution in [-0.2, 0) is 4.74 Å². The zero-order valence-corrected chi connectivity index (χ0v) is 10.7. The zero-order chi connectivity index (χ0) is 12.0. The van der Waals surface area contributed by atoms with Crippen molar-refractivity contribution < 1.29 is 4.74 Å². The Morgan fingerprint density at radius 3 is 2.56 bits per heavy atom. The molecule has 0 radical (unpaired) electrons. The van der Waals surface area contributed by atoms with Gasteiger partial charge in [-0.05, 0) is 18.9 Å². The third-order valence-electron chi connectivity index (χ3n) is 2.57. The number of rotatable bonds is 6. The standard InChI is InChI=1S/C13H20ClNO/c1-3-9-16-13(12(15)4-2)10-7-5-6-8-11(10)14/h5-8,12-13H,3-4,9,15H2,1-2H3. The highest BCUT2D eigenvalue weighted by molar-refractivity contribution is 6.31. The fourth-order valence-electron chi connectivity index (χ4n) is 1.61. The van der Waals surface area contributed by atoms with Crippen molar-refractivity contribution in [2.45, 2.75) is 38.8 Å². The second-order valence-corrected chi connectivity index (χ2v) is 4.29. The van der Waals surface area contributed by atoms with Gasteiger partial charge in [-0.1, -0.05) is 43.6 Å². The molecule has 90 valence electrons. The van der Waals surface area contributed by atoms with Crippen LogP contribution in [-0.4, -0.2) is 12.6 Å². The average Bonchev–Trinajstić information content (AvgIpc) is 2.31. The molecule has 0 saturated carbocycles. The van der Waals surface area contributed by atoms with Crippen LogP contribution in [0.5, 0.6) is 0 Å². The van der Waals surface area contributed by atoms with Crippen molar-refractivity contribution in [3.8, 4) is 0 Å².